The molecule has 102 valence electrons. The van der Waals surface area contributed by atoms with Crippen LogP contribution < -0.4 is 5.32 Å². The number of halogens is 1. The second-order valence-electron chi connectivity index (χ2n) is 4.87. The maximum Gasteiger partial charge on any atom is 0.0704 e. The van der Waals surface area contributed by atoms with Crippen molar-refractivity contribution in [2.45, 2.75) is 45.8 Å². The van der Waals surface area contributed by atoms with Gasteiger partial charge >= 0.3 is 0 Å². The molecule has 0 saturated carbocycles. The molecule has 0 aromatic carbocycles. The minimum absolute atomic E-state index is 0.409. The molecule has 0 radical (unpaired) electrons. The first-order valence-electron chi connectivity index (χ1n) is 6.78. The van der Waals surface area contributed by atoms with Gasteiger partial charge < -0.3 is 10.1 Å². The van der Waals surface area contributed by atoms with E-state index in [-0.39, 0.29) is 0 Å². The fourth-order valence-electron chi connectivity index (χ4n) is 2.95. The van der Waals surface area contributed by atoms with E-state index in [1.807, 2.05) is 11.3 Å². The first-order valence-corrected chi connectivity index (χ1v) is 8.39. The largest absolute Gasteiger partial charge is 0.378 e. The standard InChI is InChI=1S/C14H22BrNOS/c1-4-12-10(6-7-17-12)14(16-5-2)11-8-13(15)18-9(11)3/h8,10,12,14,16H,4-7H2,1-3H3. The average molecular weight is 332 g/mol. The summed E-state index contributed by atoms with van der Waals surface area (Å²) in [6.45, 7) is 8.54. The normalized spacial score (nSPS) is 25.6. The van der Waals surface area contributed by atoms with Gasteiger partial charge in [0.15, 0.2) is 0 Å². The summed E-state index contributed by atoms with van der Waals surface area (Å²) in [4.78, 5) is 1.41. The van der Waals surface area contributed by atoms with Crippen LogP contribution in [0.5, 0.6) is 0 Å². The van der Waals surface area contributed by atoms with Crippen LogP contribution in [-0.4, -0.2) is 19.3 Å². The average Bonchev–Trinajstić information content (AvgIpc) is 2.92. The molecule has 4 heteroatoms. The number of hydrogen-bond donors (Lipinski definition) is 1. The molecule has 1 aromatic rings. The maximum atomic E-state index is 5.86. The van der Waals surface area contributed by atoms with Gasteiger partial charge in [-0.2, -0.15) is 0 Å². The summed E-state index contributed by atoms with van der Waals surface area (Å²) in [6, 6.07) is 2.71. The van der Waals surface area contributed by atoms with Crippen LogP contribution in [0.25, 0.3) is 0 Å². The van der Waals surface area contributed by atoms with Crippen molar-refractivity contribution < 1.29 is 4.74 Å². The van der Waals surface area contributed by atoms with Gasteiger partial charge in [0.25, 0.3) is 0 Å². The predicted molar refractivity (Wildman–Crippen MR) is 81.3 cm³/mol. The fraction of sp³-hybridized carbons (Fsp3) is 0.714. The summed E-state index contributed by atoms with van der Waals surface area (Å²) in [7, 11) is 0. The van der Waals surface area contributed by atoms with Crippen LogP contribution >= 0.6 is 27.3 Å². The second kappa shape index (κ2) is 6.51. The van der Waals surface area contributed by atoms with Crippen molar-refractivity contribution in [2.75, 3.05) is 13.2 Å². The first kappa shape index (κ1) is 14.5. The van der Waals surface area contributed by atoms with E-state index in [0.717, 1.165) is 19.6 Å². The highest BCUT2D eigenvalue weighted by molar-refractivity contribution is 9.11. The third-order valence-corrected chi connectivity index (χ3v) is 5.35. The SMILES string of the molecule is CCNC(c1cc(Br)sc1C)C1CCOC1CC. The Bertz CT molecular complexity index is 393. The number of ether oxygens (including phenoxy) is 1. The van der Waals surface area contributed by atoms with E-state index >= 15 is 0 Å². The highest BCUT2D eigenvalue weighted by atomic mass is 79.9. The summed E-state index contributed by atoms with van der Waals surface area (Å²) in [5.41, 5.74) is 1.45. The van der Waals surface area contributed by atoms with Crippen LogP contribution in [0.4, 0.5) is 0 Å². The van der Waals surface area contributed by atoms with Gasteiger partial charge in [-0.3, -0.25) is 0 Å². The van der Waals surface area contributed by atoms with E-state index in [4.69, 9.17) is 4.74 Å². The van der Waals surface area contributed by atoms with Gasteiger partial charge in [0.05, 0.1) is 9.89 Å². The van der Waals surface area contributed by atoms with Crippen molar-refractivity contribution in [1.29, 1.82) is 0 Å². The Morgan fingerprint density at radius 2 is 2.33 bits per heavy atom. The second-order valence-corrected chi connectivity index (χ2v) is 7.50. The minimum atomic E-state index is 0.409. The van der Waals surface area contributed by atoms with E-state index in [0.29, 0.717) is 18.1 Å². The summed E-state index contributed by atoms with van der Waals surface area (Å²) < 4.78 is 7.09. The Morgan fingerprint density at radius 3 is 2.89 bits per heavy atom. The molecule has 2 heterocycles. The molecule has 2 nitrogen and oxygen atoms in total. The van der Waals surface area contributed by atoms with Crippen molar-refractivity contribution in [3.05, 3.63) is 20.3 Å². The van der Waals surface area contributed by atoms with Gasteiger partial charge in [0.1, 0.15) is 0 Å². The summed E-state index contributed by atoms with van der Waals surface area (Å²) in [5.74, 6) is 0.607. The third kappa shape index (κ3) is 2.98. The van der Waals surface area contributed by atoms with Crippen molar-refractivity contribution in [3.8, 4) is 0 Å². The zero-order valence-corrected chi connectivity index (χ0v) is 13.7. The molecule has 1 fully saturated rings. The summed E-state index contributed by atoms with van der Waals surface area (Å²) >= 11 is 5.43. The molecule has 1 aliphatic rings. The lowest BCUT2D eigenvalue weighted by atomic mass is 9.87. The lowest BCUT2D eigenvalue weighted by Crippen LogP contribution is -2.32. The van der Waals surface area contributed by atoms with Gasteiger partial charge in [-0.15, -0.1) is 11.3 Å². The van der Waals surface area contributed by atoms with E-state index in [1.54, 1.807) is 0 Å². The maximum absolute atomic E-state index is 5.86. The lowest BCUT2D eigenvalue weighted by molar-refractivity contribution is 0.0776. The van der Waals surface area contributed by atoms with Crippen LogP contribution in [0, 0.1) is 12.8 Å². The highest BCUT2D eigenvalue weighted by Gasteiger charge is 2.35. The molecule has 0 bridgehead atoms. The Balaban J connectivity index is 2.24. The molecule has 3 unspecified atom stereocenters. The number of nitrogens with one attached hydrogen (secondary N) is 1. The van der Waals surface area contributed by atoms with E-state index < -0.39 is 0 Å². The van der Waals surface area contributed by atoms with Gasteiger partial charge in [-0.25, -0.2) is 0 Å². The Kier molecular flexibility index (Phi) is 5.24. The first-order chi connectivity index (χ1) is 8.67. The molecule has 1 N–H and O–H groups in total. The smallest absolute Gasteiger partial charge is 0.0704 e. The Hall–Kier alpha value is 0.1000. The molecule has 3 atom stereocenters. The molecule has 2 rings (SSSR count). The summed E-state index contributed by atoms with van der Waals surface area (Å²) in [6.07, 6.45) is 2.69. The van der Waals surface area contributed by atoms with Crippen molar-refractivity contribution in [2.24, 2.45) is 5.92 Å². The van der Waals surface area contributed by atoms with Gasteiger partial charge in [-0.1, -0.05) is 13.8 Å². The van der Waals surface area contributed by atoms with Gasteiger partial charge in [0.2, 0.25) is 0 Å². The third-order valence-electron chi connectivity index (χ3n) is 3.78. The van der Waals surface area contributed by atoms with Crippen molar-refractivity contribution in [1.82, 2.24) is 5.32 Å². The van der Waals surface area contributed by atoms with E-state index in [1.165, 1.54) is 20.6 Å². The molecule has 1 aliphatic heterocycles. The van der Waals surface area contributed by atoms with E-state index in [9.17, 15) is 0 Å². The minimum Gasteiger partial charge on any atom is -0.378 e. The molecule has 0 amide bonds. The highest BCUT2D eigenvalue weighted by Crippen LogP contribution is 2.39. The number of thiophene rings is 1. The molecule has 1 aromatic heterocycles. The quantitative estimate of drug-likeness (QED) is 0.869. The summed E-state index contributed by atoms with van der Waals surface area (Å²) in [5, 5.41) is 3.67. The van der Waals surface area contributed by atoms with Crippen LogP contribution in [0.3, 0.4) is 0 Å². The molecular formula is C14H22BrNOS. The molecule has 1 saturated heterocycles. The fourth-order valence-corrected chi connectivity index (χ4v) is 4.70. The van der Waals surface area contributed by atoms with Crippen LogP contribution in [0.1, 0.15) is 43.2 Å². The zero-order chi connectivity index (χ0) is 13.1. The van der Waals surface area contributed by atoms with Crippen LogP contribution in [0.2, 0.25) is 0 Å². The number of hydrogen-bond acceptors (Lipinski definition) is 3. The van der Waals surface area contributed by atoms with Gasteiger partial charge in [-0.05, 0) is 53.9 Å². The lowest BCUT2D eigenvalue weighted by Gasteiger charge is -2.28. The zero-order valence-electron chi connectivity index (χ0n) is 11.3. The number of aryl methyl sites for hydroxylation is 1. The number of rotatable bonds is 5. The van der Waals surface area contributed by atoms with Crippen molar-refractivity contribution >= 4 is 27.3 Å². The van der Waals surface area contributed by atoms with Gasteiger partial charge in [0, 0.05) is 23.4 Å². The monoisotopic (exact) mass is 331 g/mol. The Labute approximate surface area is 122 Å². The topological polar surface area (TPSA) is 21.3 Å². The van der Waals surface area contributed by atoms with Crippen molar-refractivity contribution in [3.63, 3.8) is 0 Å². The molecule has 18 heavy (non-hydrogen) atoms. The predicted octanol–water partition coefficient (Wildman–Crippen LogP) is 4.28. The molecular weight excluding hydrogens is 310 g/mol. The molecule has 0 aliphatic carbocycles. The van der Waals surface area contributed by atoms with Crippen LogP contribution in [0.15, 0.2) is 9.85 Å². The van der Waals surface area contributed by atoms with Crippen LogP contribution in [-0.2, 0) is 4.74 Å². The Morgan fingerprint density at radius 1 is 1.56 bits per heavy atom. The molecule has 0 spiro atoms. The van der Waals surface area contributed by atoms with E-state index in [2.05, 4.69) is 48.1 Å².